The summed E-state index contributed by atoms with van der Waals surface area (Å²) >= 11 is 0. The van der Waals surface area contributed by atoms with E-state index in [4.69, 9.17) is 0 Å². The fourth-order valence-electron chi connectivity index (χ4n) is 1.69. The lowest BCUT2D eigenvalue weighted by atomic mass is 10.3. The normalized spacial score (nSPS) is 11.6. The first-order valence-corrected chi connectivity index (χ1v) is 7.63. The molecule has 1 amide bonds. The van der Waals surface area contributed by atoms with E-state index in [1.165, 1.54) is 30.9 Å². The van der Waals surface area contributed by atoms with Gasteiger partial charge >= 0.3 is 0 Å². The third-order valence-corrected chi connectivity index (χ3v) is 4.57. The molecule has 0 bridgehead atoms. The molecule has 1 N–H and O–H groups in total. The lowest BCUT2D eigenvalue weighted by molar-refractivity contribution is -0.116. The van der Waals surface area contributed by atoms with Crippen molar-refractivity contribution >= 4 is 21.6 Å². The Morgan fingerprint density at radius 3 is 2.71 bits per heavy atom. The van der Waals surface area contributed by atoms with Crippen molar-refractivity contribution in [3.63, 3.8) is 0 Å². The highest BCUT2D eigenvalue weighted by Gasteiger charge is 2.17. The summed E-state index contributed by atoms with van der Waals surface area (Å²) in [4.78, 5) is 12.0. The molecule has 1 heterocycles. The van der Waals surface area contributed by atoms with Gasteiger partial charge in [-0.2, -0.15) is 5.10 Å². The number of benzene rings is 1. The first-order chi connectivity index (χ1) is 9.89. The number of amides is 1. The Hall–Kier alpha value is -2.19. The minimum atomic E-state index is -3.52. The SMILES string of the molecule is CN(C)S(=O)(=O)c1cccc(NC(=O)Cn2cccn2)c1. The molecule has 0 saturated carbocycles. The third kappa shape index (κ3) is 3.67. The molecule has 2 rings (SSSR count). The van der Waals surface area contributed by atoms with Crippen molar-refractivity contribution in [2.75, 3.05) is 19.4 Å². The van der Waals surface area contributed by atoms with Crippen molar-refractivity contribution in [2.45, 2.75) is 11.4 Å². The molecular weight excluding hydrogens is 292 g/mol. The summed E-state index contributed by atoms with van der Waals surface area (Å²) in [7, 11) is -0.607. The highest BCUT2D eigenvalue weighted by atomic mass is 32.2. The van der Waals surface area contributed by atoms with E-state index in [9.17, 15) is 13.2 Å². The topological polar surface area (TPSA) is 84.3 Å². The van der Waals surface area contributed by atoms with Crippen LogP contribution in [0.25, 0.3) is 0 Å². The summed E-state index contributed by atoms with van der Waals surface area (Å²) in [5, 5.41) is 6.58. The van der Waals surface area contributed by atoms with Crippen LogP contribution in [0.2, 0.25) is 0 Å². The van der Waals surface area contributed by atoms with Gasteiger partial charge in [0, 0.05) is 32.2 Å². The number of rotatable bonds is 5. The van der Waals surface area contributed by atoms with Crippen LogP contribution in [-0.4, -0.2) is 42.5 Å². The molecular formula is C13H16N4O3S. The van der Waals surface area contributed by atoms with Gasteiger partial charge < -0.3 is 5.32 Å². The molecule has 0 saturated heterocycles. The highest BCUT2D eigenvalue weighted by molar-refractivity contribution is 7.89. The summed E-state index contributed by atoms with van der Waals surface area (Å²) in [5.74, 6) is -0.280. The Kier molecular flexibility index (Phi) is 4.39. The van der Waals surface area contributed by atoms with Crippen LogP contribution < -0.4 is 5.32 Å². The van der Waals surface area contributed by atoms with E-state index in [0.29, 0.717) is 5.69 Å². The molecule has 7 nitrogen and oxygen atoms in total. The largest absolute Gasteiger partial charge is 0.324 e. The lowest BCUT2D eigenvalue weighted by Gasteiger charge is -2.12. The predicted molar refractivity (Wildman–Crippen MR) is 78.2 cm³/mol. The zero-order valence-electron chi connectivity index (χ0n) is 11.7. The first kappa shape index (κ1) is 15.2. The molecule has 0 aliphatic rings. The zero-order chi connectivity index (χ0) is 15.5. The Labute approximate surface area is 123 Å². The minimum absolute atomic E-state index is 0.0671. The van der Waals surface area contributed by atoms with Crippen LogP contribution >= 0.6 is 0 Å². The van der Waals surface area contributed by atoms with E-state index < -0.39 is 10.0 Å². The summed E-state index contributed by atoms with van der Waals surface area (Å²) < 4.78 is 26.7. The molecule has 1 aromatic carbocycles. The average Bonchev–Trinajstić information content (AvgIpc) is 2.91. The van der Waals surface area contributed by atoms with E-state index in [1.807, 2.05) is 0 Å². The summed E-state index contributed by atoms with van der Waals surface area (Å²) in [6, 6.07) is 7.85. The molecule has 0 unspecified atom stereocenters. The van der Waals surface area contributed by atoms with Crippen molar-refractivity contribution in [3.8, 4) is 0 Å². The number of aromatic nitrogens is 2. The minimum Gasteiger partial charge on any atom is -0.324 e. The first-order valence-electron chi connectivity index (χ1n) is 6.19. The summed E-state index contributed by atoms with van der Waals surface area (Å²) in [6.45, 7) is 0.0671. The van der Waals surface area contributed by atoms with Crippen LogP contribution in [0.4, 0.5) is 5.69 Å². The van der Waals surface area contributed by atoms with Gasteiger partial charge in [-0.3, -0.25) is 9.48 Å². The summed E-state index contributed by atoms with van der Waals surface area (Å²) in [6.07, 6.45) is 3.25. The second-order valence-electron chi connectivity index (χ2n) is 4.57. The number of hydrogen-bond donors (Lipinski definition) is 1. The van der Waals surface area contributed by atoms with Crippen molar-refractivity contribution in [1.29, 1.82) is 0 Å². The maximum absolute atomic E-state index is 12.0. The Morgan fingerprint density at radius 1 is 1.33 bits per heavy atom. The third-order valence-electron chi connectivity index (χ3n) is 2.76. The molecule has 8 heteroatoms. The van der Waals surface area contributed by atoms with Gasteiger partial charge in [0.25, 0.3) is 0 Å². The van der Waals surface area contributed by atoms with Gasteiger partial charge in [-0.1, -0.05) is 6.07 Å². The van der Waals surface area contributed by atoms with Gasteiger partial charge in [-0.25, -0.2) is 12.7 Å². The zero-order valence-corrected chi connectivity index (χ0v) is 12.5. The smallest absolute Gasteiger partial charge is 0.246 e. The maximum Gasteiger partial charge on any atom is 0.246 e. The van der Waals surface area contributed by atoms with Crippen LogP contribution in [0, 0.1) is 0 Å². The lowest BCUT2D eigenvalue weighted by Crippen LogP contribution is -2.23. The van der Waals surface area contributed by atoms with Crippen LogP contribution in [0.15, 0.2) is 47.6 Å². The highest BCUT2D eigenvalue weighted by Crippen LogP contribution is 2.17. The number of carbonyl (C=O) groups is 1. The van der Waals surface area contributed by atoms with Crippen molar-refractivity contribution in [3.05, 3.63) is 42.7 Å². The number of carbonyl (C=O) groups excluding carboxylic acids is 1. The number of hydrogen-bond acceptors (Lipinski definition) is 4. The Morgan fingerprint density at radius 2 is 2.10 bits per heavy atom. The van der Waals surface area contributed by atoms with Crippen LogP contribution in [0.3, 0.4) is 0 Å². The van der Waals surface area contributed by atoms with E-state index in [2.05, 4.69) is 10.4 Å². The number of nitrogens with one attached hydrogen (secondary N) is 1. The van der Waals surface area contributed by atoms with Crippen molar-refractivity contribution in [2.24, 2.45) is 0 Å². The molecule has 0 spiro atoms. The molecule has 0 aliphatic heterocycles. The standard InChI is InChI=1S/C13H16N4O3S/c1-16(2)21(19,20)12-6-3-5-11(9-12)15-13(18)10-17-8-4-7-14-17/h3-9H,10H2,1-2H3,(H,15,18). The predicted octanol–water partition coefficient (Wildman–Crippen LogP) is 0.772. The second-order valence-corrected chi connectivity index (χ2v) is 6.72. The van der Waals surface area contributed by atoms with Crippen LogP contribution in [0.5, 0.6) is 0 Å². The van der Waals surface area contributed by atoms with Crippen LogP contribution in [-0.2, 0) is 21.4 Å². The van der Waals surface area contributed by atoms with E-state index >= 15 is 0 Å². The van der Waals surface area contributed by atoms with Gasteiger partial charge in [0.05, 0.1) is 4.90 Å². The van der Waals surface area contributed by atoms with Crippen molar-refractivity contribution < 1.29 is 13.2 Å². The molecule has 0 radical (unpaired) electrons. The number of sulfonamides is 1. The number of nitrogens with zero attached hydrogens (tertiary/aromatic N) is 3. The molecule has 0 atom stereocenters. The maximum atomic E-state index is 12.0. The summed E-state index contributed by atoms with van der Waals surface area (Å²) in [5.41, 5.74) is 0.426. The average molecular weight is 308 g/mol. The van der Waals surface area contributed by atoms with Gasteiger partial charge in [0.1, 0.15) is 6.54 Å². The Balaban J connectivity index is 2.13. The van der Waals surface area contributed by atoms with Gasteiger partial charge in [0.15, 0.2) is 0 Å². The molecule has 1 aromatic heterocycles. The monoisotopic (exact) mass is 308 g/mol. The van der Waals surface area contributed by atoms with E-state index in [0.717, 1.165) is 4.31 Å². The molecule has 112 valence electrons. The van der Waals surface area contributed by atoms with Gasteiger partial charge in [0.2, 0.25) is 15.9 Å². The van der Waals surface area contributed by atoms with Crippen molar-refractivity contribution in [1.82, 2.24) is 14.1 Å². The quantitative estimate of drug-likeness (QED) is 0.884. The van der Waals surface area contributed by atoms with Gasteiger partial charge in [-0.15, -0.1) is 0 Å². The fraction of sp³-hybridized carbons (Fsp3) is 0.231. The van der Waals surface area contributed by atoms with E-state index in [-0.39, 0.29) is 17.3 Å². The van der Waals surface area contributed by atoms with Gasteiger partial charge in [-0.05, 0) is 24.3 Å². The fourth-order valence-corrected chi connectivity index (χ4v) is 2.63. The molecule has 2 aromatic rings. The molecule has 0 fully saturated rings. The van der Waals surface area contributed by atoms with Crippen LogP contribution in [0.1, 0.15) is 0 Å². The molecule has 21 heavy (non-hydrogen) atoms. The Bertz CT molecular complexity index is 724. The molecule has 0 aliphatic carbocycles. The van der Waals surface area contributed by atoms with E-state index in [1.54, 1.807) is 30.6 Å². The second kappa shape index (κ2) is 6.06. The number of anilines is 1.